The maximum Gasteiger partial charge on any atom is 0.153 e. The second-order valence-corrected chi connectivity index (χ2v) is 5.26. The SMILES string of the molecule is OC1=Cc2ccccc2C1N=NC1C=Cc2ccccc21. The molecule has 0 heterocycles. The van der Waals surface area contributed by atoms with E-state index in [2.05, 4.69) is 28.4 Å². The van der Waals surface area contributed by atoms with Crippen molar-refractivity contribution in [2.45, 2.75) is 12.1 Å². The minimum absolute atomic E-state index is 0.0539. The van der Waals surface area contributed by atoms with E-state index in [1.165, 1.54) is 5.56 Å². The van der Waals surface area contributed by atoms with Crippen LogP contribution in [0.25, 0.3) is 12.2 Å². The molecule has 3 nitrogen and oxygen atoms in total. The van der Waals surface area contributed by atoms with Gasteiger partial charge < -0.3 is 5.11 Å². The van der Waals surface area contributed by atoms with Gasteiger partial charge in [-0.2, -0.15) is 10.2 Å². The number of fused-ring (bicyclic) bond motifs is 2. The first-order valence-corrected chi connectivity index (χ1v) is 6.99. The number of benzene rings is 2. The van der Waals surface area contributed by atoms with Crippen molar-refractivity contribution in [1.82, 2.24) is 0 Å². The monoisotopic (exact) mass is 274 g/mol. The van der Waals surface area contributed by atoms with Crippen molar-refractivity contribution in [1.29, 1.82) is 0 Å². The van der Waals surface area contributed by atoms with E-state index in [9.17, 15) is 5.11 Å². The Hall–Kier alpha value is -2.68. The third kappa shape index (κ3) is 1.98. The first-order chi connectivity index (χ1) is 10.3. The summed E-state index contributed by atoms with van der Waals surface area (Å²) >= 11 is 0. The molecule has 3 heteroatoms. The number of aliphatic hydroxyl groups excluding tert-OH is 1. The molecule has 0 bridgehead atoms. The maximum atomic E-state index is 10.1. The van der Waals surface area contributed by atoms with Crippen LogP contribution < -0.4 is 0 Å². The second kappa shape index (κ2) is 4.70. The molecule has 102 valence electrons. The van der Waals surface area contributed by atoms with Gasteiger partial charge in [-0.1, -0.05) is 60.7 Å². The van der Waals surface area contributed by atoms with E-state index in [4.69, 9.17) is 0 Å². The molecule has 21 heavy (non-hydrogen) atoms. The molecule has 2 aliphatic carbocycles. The first kappa shape index (κ1) is 12.1. The molecule has 0 aromatic heterocycles. The lowest BCUT2D eigenvalue weighted by Gasteiger charge is -2.09. The molecule has 2 aromatic rings. The van der Waals surface area contributed by atoms with Crippen molar-refractivity contribution < 1.29 is 5.11 Å². The normalized spacial score (nSPS) is 22.4. The molecule has 2 aliphatic rings. The smallest absolute Gasteiger partial charge is 0.153 e. The van der Waals surface area contributed by atoms with Gasteiger partial charge in [0.15, 0.2) is 6.04 Å². The fourth-order valence-electron chi connectivity index (χ4n) is 2.88. The minimum atomic E-state index is -0.373. The number of nitrogens with zero attached hydrogens (tertiary/aromatic N) is 2. The zero-order chi connectivity index (χ0) is 14.2. The Morgan fingerprint density at radius 3 is 2.38 bits per heavy atom. The standard InChI is InChI=1S/C18H14N2O/c21-17-11-13-6-2-4-8-15(13)18(17)20-19-16-10-9-12-5-1-3-7-14(12)16/h1-11,16,18,21H. The van der Waals surface area contributed by atoms with Crippen LogP contribution in [0.5, 0.6) is 0 Å². The fourth-order valence-corrected chi connectivity index (χ4v) is 2.88. The highest BCUT2D eigenvalue weighted by atomic mass is 16.3. The van der Waals surface area contributed by atoms with Gasteiger partial charge in [-0.3, -0.25) is 0 Å². The largest absolute Gasteiger partial charge is 0.510 e. The summed E-state index contributed by atoms with van der Waals surface area (Å²) in [7, 11) is 0. The van der Waals surface area contributed by atoms with E-state index in [-0.39, 0.29) is 17.8 Å². The third-order valence-corrected chi connectivity index (χ3v) is 3.95. The summed E-state index contributed by atoms with van der Waals surface area (Å²) in [5, 5.41) is 18.9. The van der Waals surface area contributed by atoms with Gasteiger partial charge in [0.1, 0.15) is 11.8 Å². The van der Waals surface area contributed by atoms with Gasteiger partial charge >= 0.3 is 0 Å². The highest BCUT2D eigenvalue weighted by molar-refractivity contribution is 5.64. The van der Waals surface area contributed by atoms with Crippen molar-refractivity contribution in [3.8, 4) is 0 Å². The van der Waals surface area contributed by atoms with Crippen LogP contribution in [0.1, 0.15) is 34.3 Å². The van der Waals surface area contributed by atoms with Gasteiger partial charge in [-0.15, -0.1) is 0 Å². The van der Waals surface area contributed by atoms with Crippen molar-refractivity contribution in [2.24, 2.45) is 10.2 Å². The van der Waals surface area contributed by atoms with Gasteiger partial charge in [-0.25, -0.2) is 0 Å². The molecule has 2 atom stereocenters. The van der Waals surface area contributed by atoms with Crippen molar-refractivity contribution in [3.63, 3.8) is 0 Å². The highest BCUT2D eigenvalue weighted by Crippen LogP contribution is 2.38. The summed E-state index contributed by atoms with van der Waals surface area (Å²) in [6.45, 7) is 0. The van der Waals surface area contributed by atoms with E-state index in [0.29, 0.717) is 0 Å². The topological polar surface area (TPSA) is 45.0 Å². The number of hydrogen-bond donors (Lipinski definition) is 1. The van der Waals surface area contributed by atoms with Gasteiger partial charge in [0.05, 0.1) is 0 Å². The van der Waals surface area contributed by atoms with Gasteiger partial charge in [-0.05, 0) is 28.3 Å². The van der Waals surface area contributed by atoms with E-state index in [0.717, 1.165) is 16.7 Å². The Bertz CT molecular complexity index is 789. The molecule has 2 unspecified atom stereocenters. The molecule has 0 radical (unpaired) electrons. The molecule has 0 aliphatic heterocycles. The highest BCUT2D eigenvalue weighted by Gasteiger charge is 2.25. The van der Waals surface area contributed by atoms with Crippen LogP contribution in [-0.2, 0) is 0 Å². The summed E-state index contributed by atoms with van der Waals surface area (Å²) in [5.41, 5.74) is 4.37. The Kier molecular flexibility index (Phi) is 2.71. The molecule has 0 fully saturated rings. The number of rotatable bonds is 2. The van der Waals surface area contributed by atoms with Crippen LogP contribution in [0.15, 0.2) is 70.6 Å². The van der Waals surface area contributed by atoms with E-state index >= 15 is 0 Å². The lowest BCUT2D eigenvalue weighted by molar-refractivity contribution is 0.375. The molecule has 0 saturated heterocycles. The summed E-state index contributed by atoms with van der Waals surface area (Å²) in [6.07, 6.45) is 5.87. The molecule has 0 saturated carbocycles. The average molecular weight is 274 g/mol. The average Bonchev–Trinajstić information content (AvgIpc) is 3.06. The predicted octanol–water partition coefficient (Wildman–Crippen LogP) is 4.86. The van der Waals surface area contributed by atoms with Crippen LogP contribution in [0.4, 0.5) is 0 Å². The zero-order valence-corrected chi connectivity index (χ0v) is 11.3. The van der Waals surface area contributed by atoms with Crippen molar-refractivity contribution in [3.05, 3.63) is 82.6 Å². The van der Waals surface area contributed by atoms with E-state index in [1.807, 2.05) is 42.5 Å². The molecular formula is C18H14N2O. The molecular weight excluding hydrogens is 260 g/mol. The van der Waals surface area contributed by atoms with Crippen LogP contribution in [0.3, 0.4) is 0 Å². The zero-order valence-electron chi connectivity index (χ0n) is 11.3. The van der Waals surface area contributed by atoms with Crippen LogP contribution >= 0.6 is 0 Å². The third-order valence-electron chi connectivity index (χ3n) is 3.95. The predicted molar refractivity (Wildman–Crippen MR) is 82.9 cm³/mol. The van der Waals surface area contributed by atoms with Crippen LogP contribution in [-0.4, -0.2) is 5.11 Å². The lowest BCUT2D eigenvalue weighted by Crippen LogP contribution is -1.95. The molecule has 4 rings (SSSR count). The Balaban J connectivity index is 1.63. The Labute approximate surface area is 123 Å². The van der Waals surface area contributed by atoms with E-state index < -0.39 is 0 Å². The second-order valence-electron chi connectivity index (χ2n) is 5.26. The lowest BCUT2D eigenvalue weighted by atomic mass is 10.1. The van der Waals surface area contributed by atoms with E-state index in [1.54, 1.807) is 6.08 Å². The molecule has 2 aromatic carbocycles. The molecule has 0 spiro atoms. The first-order valence-electron chi connectivity index (χ1n) is 6.99. The number of azo groups is 1. The Morgan fingerprint density at radius 2 is 1.52 bits per heavy atom. The van der Waals surface area contributed by atoms with Crippen LogP contribution in [0.2, 0.25) is 0 Å². The molecule has 1 N–H and O–H groups in total. The Morgan fingerprint density at radius 1 is 0.810 bits per heavy atom. The summed E-state index contributed by atoms with van der Waals surface area (Å²) in [6, 6.07) is 15.6. The molecule has 0 amide bonds. The minimum Gasteiger partial charge on any atom is -0.510 e. The summed E-state index contributed by atoms with van der Waals surface area (Å²) in [5.74, 6) is 0.259. The number of hydrogen-bond acceptors (Lipinski definition) is 3. The number of aliphatic hydroxyl groups is 1. The van der Waals surface area contributed by atoms with Crippen molar-refractivity contribution in [2.75, 3.05) is 0 Å². The maximum absolute atomic E-state index is 10.1. The van der Waals surface area contributed by atoms with Crippen molar-refractivity contribution >= 4 is 12.2 Å². The van der Waals surface area contributed by atoms with Gasteiger partial charge in [0.25, 0.3) is 0 Å². The van der Waals surface area contributed by atoms with Gasteiger partial charge in [0.2, 0.25) is 0 Å². The summed E-state index contributed by atoms with van der Waals surface area (Å²) < 4.78 is 0. The van der Waals surface area contributed by atoms with Gasteiger partial charge in [0, 0.05) is 0 Å². The van der Waals surface area contributed by atoms with Crippen LogP contribution in [0, 0.1) is 0 Å². The quantitative estimate of drug-likeness (QED) is 0.781. The fraction of sp³-hybridized carbons (Fsp3) is 0.111. The summed E-state index contributed by atoms with van der Waals surface area (Å²) in [4.78, 5) is 0.